The van der Waals surface area contributed by atoms with E-state index in [2.05, 4.69) is 20.6 Å². The molecule has 0 fully saturated rings. The van der Waals surface area contributed by atoms with Crippen molar-refractivity contribution in [3.8, 4) is 17.2 Å². The van der Waals surface area contributed by atoms with E-state index in [9.17, 15) is 19.1 Å². The standard InChI is InChI=1S/C29H29FN4O5/c1-4-19-13-21(30)11-17(2)26(19)27(35)34-24(29(36)37)12-18-5-7-20(8-6-18)28-33-22(16-39-28)15-32-25-14-23(38-3)9-10-31-25/h5-11,13-14,16,24H,4,12,15H2,1-3H3,(H,31,32)(H,34,35)(H,36,37). The van der Waals surface area contributed by atoms with Gasteiger partial charge in [-0.2, -0.15) is 0 Å². The van der Waals surface area contributed by atoms with Crippen molar-refractivity contribution in [2.45, 2.75) is 39.3 Å². The van der Waals surface area contributed by atoms with Crippen molar-refractivity contribution in [2.75, 3.05) is 12.4 Å². The van der Waals surface area contributed by atoms with Crippen LogP contribution in [0.4, 0.5) is 10.2 Å². The van der Waals surface area contributed by atoms with E-state index in [0.717, 1.165) is 5.56 Å². The van der Waals surface area contributed by atoms with Crippen LogP contribution in [0.2, 0.25) is 0 Å². The fourth-order valence-electron chi connectivity index (χ4n) is 4.20. The summed E-state index contributed by atoms with van der Waals surface area (Å²) in [5.41, 5.74) is 3.38. The summed E-state index contributed by atoms with van der Waals surface area (Å²) in [5, 5.41) is 15.5. The smallest absolute Gasteiger partial charge is 0.326 e. The Kier molecular flexibility index (Phi) is 8.55. The van der Waals surface area contributed by atoms with Gasteiger partial charge in [0.15, 0.2) is 0 Å². The number of ether oxygens (including phenoxy) is 1. The molecule has 202 valence electrons. The molecule has 3 N–H and O–H groups in total. The second-order valence-electron chi connectivity index (χ2n) is 8.95. The highest BCUT2D eigenvalue weighted by Crippen LogP contribution is 2.22. The van der Waals surface area contributed by atoms with Crippen LogP contribution in [-0.4, -0.2) is 40.1 Å². The Balaban J connectivity index is 1.40. The van der Waals surface area contributed by atoms with Crippen molar-refractivity contribution in [3.63, 3.8) is 0 Å². The van der Waals surface area contributed by atoms with Crippen LogP contribution in [0.1, 0.15) is 39.7 Å². The maximum absolute atomic E-state index is 13.8. The summed E-state index contributed by atoms with van der Waals surface area (Å²) < 4.78 is 24.6. The van der Waals surface area contributed by atoms with Crippen molar-refractivity contribution in [2.24, 2.45) is 0 Å². The zero-order valence-corrected chi connectivity index (χ0v) is 21.8. The Hall–Kier alpha value is -4.73. The van der Waals surface area contributed by atoms with E-state index >= 15 is 0 Å². The molecule has 0 bridgehead atoms. The molecule has 2 aromatic carbocycles. The summed E-state index contributed by atoms with van der Waals surface area (Å²) in [6.45, 7) is 3.84. The molecule has 0 saturated carbocycles. The minimum Gasteiger partial charge on any atom is -0.497 e. The highest BCUT2D eigenvalue weighted by molar-refractivity contribution is 5.99. The first-order chi connectivity index (χ1) is 18.8. The molecule has 0 aliphatic heterocycles. The van der Waals surface area contributed by atoms with Crippen LogP contribution < -0.4 is 15.4 Å². The summed E-state index contributed by atoms with van der Waals surface area (Å²) in [6.07, 6.45) is 3.70. The first-order valence-corrected chi connectivity index (χ1v) is 12.4. The molecule has 10 heteroatoms. The van der Waals surface area contributed by atoms with E-state index in [1.165, 1.54) is 12.1 Å². The van der Waals surface area contributed by atoms with Gasteiger partial charge >= 0.3 is 5.97 Å². The fourth-order valence-corrected chi connectivity index (χ4v) is 4.20. The number of amides is 1. The lowest BCUT2D eigenvalue weighted by atomic mass is 9.98. The number of oxazole rings is 1. The number of rotatable bonds is 11. The molecule has 0 radical (unpaired) electrons. The number of halogens is 1. The number of hydrogen-bond acceptors (Lipinski definition) is 7. The quantitative estimate of drug-likeness (QED) is 0.252. The van der Waals surface area contributed by atoms with E-state index in [0.29, 0.717) is 58.4 Å². The van der Waals surface area contributed by atoms with Crippen molar-refractivity contribution in [1.29, 1.82) is 0 Å². The molecule has 9 nitrogen and oxygen atoms in total. The summed E-state index contributed by atoms with van der Waals surface area (Å²) in [7, 11) is 1.59. The molecule has 1 amide bonds. The molecule has 0 aliphatic carbocycles. The number of benzene rings is 2. The summed E-state index contributed by atoms with van der Waals surface area (Å²) in [5.74, 6) is -0.393. The zero-order chi connectivity index (χ0) is 27.9. The Morgan fingerprint density at radius 2 is 1.92 bits per heavy atom. The number of pyridine rings is 1. The van der Waals surface area contributed by atoms with Gasteiger partial charge in [-0.15, -0.1) is 0 Å². The summed E-state index contributed by atoms with van der Waals surface area (Å²) in [4.78, 5) is 33.6. The topological polar surface area (TPSA) is 127 Å². The molecule has 0 aliphatic rings. The molecule has 39 heavy (non-hydrogen) atoms. The number of carbonyl (C=O) groups excluding carboxylic acids is 1. The van der Waals surface area contributed by atoms with Gasteiger partial charge in [0.2, 0.25) is 5.89 Å². The number of carbonyl (C=O) groups is 2. The molecule has 4 rings (SSSR count). The Morgan fingerprint density at radius 1 is 1.15 bits per heavy atom. The molecule has 0 saturated heterocycles. The highest BCUT2D eigenvalue weighted by Gasteiger charge is 2.24. The lowest BCUT2D eigenvalue weighted by molar-refractivity contribution is -0.139. The van der Waals surface area contributed by atoms with Gasteiger partial charge in [0.1, 0.15) is 29.7 Å². The SMILES string of the molecule is CCc1cc(F)cc(C)c1C(=O)NC(Cc1ccc(-c2nc(CNc3cc(OC)ccn3)co2)cc1)C(=O)O. The lowest BCUT2D eigenvalue weighted by Crippen LogP contribution is -2.42. The van der Waals surface area contributed by atoms with E-state index in [1.54, 1.807) is 62.9 Å². The molecule has 2 aromatic heterocycles. The third kappa shape index (κ3) is 6.78. The minimum absolute atomic E-state index is 0.0668. The molecule has 2 heterocycles. The average Bonchev–Trinajstić information content (AvgIpc) is 3.40. The van der Waals surface area contributed by atoms with Gasteiger partial charge in [0, 0.05) is 29.8 Å². The number of nitrogens with one attached hydrogen (secondary N) is 2. The highest BCUT2D eigenvalue weighted by atomic mass is 19.1. The van der Waals surface area contributed by atoms with Crippen molar-refractivity contribution >= 4 is 17.7 Å². The van der Waals surface area contributed by atoms with Crippen LogP contribution in [0.3, 0.4) is 0 Å². The average molecular weight is 533 g/mol. The van der Waals surface area contributed by atoms with Gasteiger partial charge in [-0.1, -0.05) is 19.1 Å². The van der Waals surface area contributed by atoms with Crippen molar-refractivity contribution in [3.05, 3.63) is 94.8 Å². The first kappa shape index (κ1) is 27.3. The molecular weight excluding hydrogens is 503 g/mol. The minimum atomic E-state index is -1.17. The van der Waals surface area contributed by atoms with E-state index < -0.39 is 23.7 Å². The monoisotopic (exact) mass is 532 g/mol. The predicted molar refractivity (Wildman–Crippen MR) is 143 cm³/mol. The fraction of sp³-hybridized carbons (Fsp3) is 0.241. The lowest BCUT2D eigenvalue weighted by Gasteiger charge is -2.17. The number of hydrogen-bond donors (Lipinski definition) is 3. The Morgan fingerprint density at radius 3 is 2.62 bits per heavy atom. The molecule has 0 spiro atoms. The number of anilines is 1. The van der Waals surface area contributed by atoms with Gasteiger partial charge in [0.25, 0.3) is 5.91 Å². The van der Waals surface area contributed by atoms with Crippen LogP contribution in [0.15, 0.2) is 65.4 Å². The maximum atomic E-state index is 13.8. The van der Waals surface area contributed by atoms with Gasteiger partial charge in [-0.25, -0.2) is 19.2 Å². The van der Waals surface area contributed by atoms with Crippen molar-refractivity contribution in [1.82, 2.24) is 15.3 Å². The van der Waals surface area contributed by atoms with Crippen LogP contribution in [0.5, 0.6) is 5.75 Å². The molecular formula is C29H29FN4O5. The predicted octanol–water partition coefficient (Wildman–Crippen LogP) is 4.79. The van der Waals surface area contributed by atoms with E-state index in [-0.39, 0.29) is 6.42 Å². The largest absolute Gasteiger partial charge is 0.497 e. The van der Waals surface area contributed by atoms with Crippen LogP contribution in [0.25, 0.3) is 11.5 Å². The Labute approximate surface area is 225 Å². The maximum Gasteiger partial charge on any atom is 0.326 e. The molecule has 1 atom stereocenters. The van der Waals surface area contributed by atoms with Gasteiger partial charge < -0.3 is 24.9 Å². The number of methoxy groups -OCH3 is 1. The number of aliphatic carboxylic acids is 1. The zero-order valence-electron chi connectivity index (χ0n) is 21.8. The van der Waals surface area contributed by atoms with Crippen LogP contribution in [0, 0.1) is 12.7 Å². The number of aromatic nitrogens is 2. The van der Waals surface area contributed by atoms with Gasteiger partial charge in [-0.05, 0) is 60.4 Å². The van der Waals surface area contributed by atoms with Crippen molar-refractivity contribution < 1.29 is 28.2 Å². The van der Waals surface area contributed by atoms with Gasteiger partial charge in [0.05, 0.1) is 19.3 Å². The number of carboxylic acids is 1. The molecule has 1 unspecified atom stereocenters. The number of nitrogens with zero attached hydrogens (tertiary/aromatic N) is 2. The van der Waals surface area contributed by atoms with Crippen LogP contribution in [-0.2, 0) is 24.2 Å². The van der Waals surface area contributed by atoms with E-state index in [4.69, 9.17) is 9.15 Å². The summed E-state index contributed by atoms with van der Waals surface area (Å²) >= 11 is 0. The second-order valence-corrected chi connectivity index (χ2v) is 8.95. The molecule has 4 aromatic rings. The first-order valence-electron chi connectivity index (χ1n) is 12.4. The summed E-state index contributed by atoms with van der Waals surface area (Å²) in [6, 6.07) is 12.0. The van der Waals surface area contributed by atoms with Crippen LogP contribution >= 0.6 is 0 Å². The third-order valence-electron chi connectivity index (χ3n) is 6.20. The normalized spacial score (nSPS) is 11.6. The number of carboxylic acid groups (broad SMARTS) is 1. The van der Waals surface area contributed by atoms with Gasteiger partial charge in [-0.3, -0.25) is 4.79 Å². The van der Waals surface area contributed by atoms with E-state index in [1.807, 2.05) is 6.92 Å². The second kappa shape index (κ2) is 12.2. The Bertz CT molecular complexity index is 1470. The number of aryl methyl sites for hydroxylation is 2. The third-order valence-corrected chi connectivity index (χ3v) is 6.20.